The predicted molar refractivity (Wildman–Crippen MR) is 245 cm³/mol. The average molecular weight is 915 g/mol. The van der Waals surface area contributed by atoms with Crippen molar-refractivity contribution in [1.82, 2.24) is 9.80 Å². The van der Waals surface area contributed by atoms with E-state index in [0.29, 0.717) is 97.9 Å². The first-order chi connectivity index (χ1) is 30.8. The van der Waals surface area contributed by atoms with Gasteiger partial charge in [-0.05, 0) is 79.7 Å². The number of carbonyl (C=O) groups is 2. The molecule has 0 atom stereocenters. The Hall–Kier alpha value is -6.67. The van der Waals surface area contributed by atoms with E-state index in [4.69, 9.17) is 36.5 Å². The number of hydrogen-bond donors (Lipinski definition) is 0. The van der Waals surface area contributed by atoms with Crippen LogP contribution in [0.2, 0.25) is 0 Å². The molecule has 348 valence electrons. The van der Waals surface area contributed by atoms with Crippen LogP contribution < -0.4 is 28.7 Å². The van der Waals surface area contributed by atoms with Gasteiger partial charge in [-0.3, -0.25) is 18.0 Å². The minimum absolute atomic E-state index is 0.0342. The van der Waals surface area contributed by atoms with Crippen molar-refractivity contribution in [3.8, 4) is 23.0 Å². The summed E-state index contributed by atoms with van der Waals surface area (Å²) < 4.78 is 57.8. The van der Waals surface area contributed by atoms with Gasteiger partial charge in [-0.1, -0.05) is 36.4 Å². The van der Waals surface area contributed by atoms with E-state index in [1.165, 1.54) is 0 Å². The zero-order chi connectivity index (χ0) is 47.8. The van der Waals surface area contributed by atoms with Crippen LogP contribution in [0.15, 0.2) is 84.9 Å². The largest absolute Gasteiger partial charge is 0.759 e. The van der Waals surface area contributed by atoms with Crippen LogP contribution in [0.25, 0.3) is 9.95 Å². The van der Waals surface area contributed by atoms with Crippen LogP contribution in [-0.4, -0.2) is 116 Å². The number of amides is 2. The summed E-state index contributed by atoms with van der Waals surface area (Å²) in [7, 11) is -5.17. The maximum Gasteiger partial charge on any atom is 0.430 e. The number of ether oxygens (including phenoxy) is 4. The lowest BCUT2D eigenvalue weighted by atomic mass is 10.1. The van der Waals surface area contributed by atoms with Crippen molar-refractivity contribution in [3.05, 3.63) is 106 Å². The summed E-state index contributed by atoms with van der Waals surface area (Å²) >= 11 is 0. The lowest BCUT2D eigenvalue weighted by Crippen LogP contribution is -2.49. The molecule has 0 saturated carbocycles. The molecule has 4 aromatic rings. The molecule has 2 amide bonds. The van der Waals surface area contributed by atoms with Crippen LogP contribution in [0, 0.1) is 10.8 Å². The van der Waals surface area contributed by atoms with E-state index in [1.54, 1.807) is 12.1 Å². The smallest absolute Gasteiger partial charge is 0.430 e. The molecule has 2 heterocycles. The number of benzene rings is 4. The molecule has 0 unspecified atom stereocenters. The summed E-state index contributed by atoms with van der Waals surface area (Å²) in [5.74, 6) is 2.37. The molecule has 18 nitrogen and oxygen atoms in total. The average Bonchev–Trinajstić information content (AvgIpc) is 3.26. The Balaban J connectivity index is 0.000000258. The fraction of sp³-hybridized carbons (Fsp3) is 0.435. The van der Waals surface area contributed by atoms with Crippen molar-refractivity contribution in [3.63, 3.8) is 0 Å². The topological polar surface area (TPSA) is 221 Å². The standard InChI is InChI=1S/2C23H29N4O3.H2O4S/c2*1-16(2)29-21-15-20(22(30-17(3)4)14-19(21)25-24)26-10-12-27(13-11-26)23(28)18-8-6-5-7-9-18;1-5(2,3)4/h2*5-9,14-17H,10-13H2,1-4H3;(H2,1,2,3,4)/q2*+1;/p-2. The molecule has 2 aliphatic heterocycles. The molecule has 0 bridgehead atoms. The Morgan fingerprint density at radius 1 is 0.508 bits per heavy atom. The van der Waals surface area contributed by atoms with Crippen LogP contribution in [-0.2, 0) is 10.4 Å². The number of anilines is 2. The van der Waals surface area contributed by atoms with Crippen molar-refractivity contribution in [1.29, 1.82) is 10.8 Å². The third-order valence-corrected chi connectivity index (χ3v) is 9.60. The van der Waals surface area contributed by atoms with Gasteiger partial charge in [0.05, 0.1) is 47.9 Å². The number of piperazine rings is 2. The van der Waals surface area contributed by atoms with Crippen LogP contribution >= 0.6 is 0 Å². The summed E-state index contributed by atoms with van der Waals surface area (Å²) in [5.41, 5.74) is 3.83. The molecule has 0 N–H and O–H groups in total. The molecule has 4 aromatic carbocycles. The van der Waals surface area contributed by atoms with E-state index < -0.39 is 10.4 Å². The Bertz CT molecular complexity index is 2230. The van der Waals surface area contributed by atoms with E-state index in [-0.39, 0.29) is 36.2 Å². The van der Waals surface area contributed by atoms with Gasteiger partial charge in [-0.2, -0.15) is 0 Å². The monoisotopic (exact) mass is 914 g/mol. The highest BCUT2D eigenvalue weighted by Crippen LogP contribution is 2.43. The van der Waals surface area contributed by atoms with E-state index in [2.05, 4.69) is 19.8 Å². The molecule has 6 rings (SSSR count). The Morgan fingerprint density at radius 3 is 1.05 bits per heavy atom. The van der Waals surface area contributed by atoms with E-state index in [9.17, 15) is 20.4 Å². The molecule has 19 heteroatoms. The van der Waals surface area contributed by atoms with Gasteiger partial charge in [0.15, 0.2) is 21.5 Å². The fourth-order valence-electron chi connectivity index (χ4n) is 6.95. The zero-order valence-corrected chi connectivity index (χ0v) is 38.9. The zero-order valence-electron chi connectivity index (χ0n) is 38.1. The van der Waals surface area contributed by atoms with E-state index in [0.717, 1.165) is 11.4 Å². The maximum absolute atomic E-state index is 12.7. The fourth-order valence-corrected chi connectivity index (χ4v) is 6.95. The Morgan fingerprint density at radius 2 is 0.785 bits per heavy atom. The molecule has 2 aliphatic rings. The van der Waals surface area contributed by atoms with Gasteiger partial charge in [0.2, 0.25) is 22.3 Å². The lowest BCUT2D eigenvalue weighted by molar-refractivity contribution is 0.0739. The molecule has 2 fully saturated rings. The summed E-state index contributed by atoms with van der Waals surface area (Å²) in [4.78, 5) is 40.3. The second-order valence-corrected chi connectivity index (χ2v) is 17.0. The highest BCUT2D eigenvalue weighted by molar-refractivity contribution is 7.79. The lowest BCUT2D eigenvalue weighted by Gasteiger charge is -2.37. The minimum atomic E-state index is -5.17. The van der Waals surface area contributed by atoms with Gasteiger partial charge in [0.1, 0.15) is 0 Å². The molecule has 65 heavy (non-hydrogen) atoms. The number of hydrogen-bond acceptors (Lipinski definition) is 14. The van der Waals surface area contributed by atoms with Crippen LogP contribution in [0.1, 0.15) is 76.1 Å². The summed E-state index contributed by atoms with van der Waals surface area (Å²) in [5, 5.41) is 18.9. The minimum Gasteiger partial charge on any atom is -0.759 e. The molecule has 2 saturated heterocycles. The normalized spacial score (nSPS) is 13.8. The number of carbonyl (C=O) groups excluding carboxylic acids is 2. The molecule has 0 spiro atoms. The quantitative estimate of drug-likeness (QED) is 0.0745. The summed E-state index contributed by atoms with van der Waals surface area (Å²) in [6.07, 6.45) is -0.188. The highest BCUT2D eigenvalue weighted by Gasteiger charge is 2.30. The summed E-state index contributed by atoms with van der Waals surface area (Å²) in [6.45, 7) is 20.6. The first-order valence-corrected chi connectivity index (χ1v) is 22.7. The molecular weight excluding hydrogens is 857 g/mol. The van der Waals surface area contributed by atoms with Crippen molar-refractivity contribution < 1.29 is 46.1 Å². The first-order valence-electron chi connectivity index (χ1n) is 21.4. The van der Waals surface area contributed by atoms with Gasteiger partial charge < -0.3 is 47.7 Å². The van der Waals surface area contributed by atoms with Gasteiger partial charge in [0, 0.05) is 86.0 Å². The maximum atomic E-state index is 12.7. The number of diazo groups is 2. The van der Waals surface area contributed by atoms with E-state index >= 15 is 0 Å². The van der Waals surface area contributed by atoms with Gasteiger partial charge in [0.25, 0.3) is 11.8 Å². The third-order valence-electron chi connectivity index (χ3n) is 9.60. The van der Waals surface area contributed by atoms with E-state index in [1.807, 2.05) is 138 Å². The van der Waals surface area contributed by atoms with Crippen molar-refractivity contribution in [2.24, 2.45) is 0 Å². The Labute approximate surface area is 381 Å². The predicted octanol–water partition coefficient (Wildman–Crippen LogP) is 8.08. The molecule has 0 aliphatic carbocycles. The van der Waals surface area contributed by atoms with Crippen molar-refractivity contribution >= 4 is 45.0 Å². The number of nitrogens with zero attached hydrogens (tertiary/aromatic N) is 8. The van der Waals surface area contributed by atoms with Gasteiger partial charge in [-0.25, -0.2) is 0 Å². The molecule has 0 aromatic heterocycles. The Kier molecular flexibility index (Phi) is 18.7. The first kappa shape index (κ1) is 51.0. The second kappa shape index (κ2) is 23.9. The summed E-state index contributed by atoms with van der Waals surface area (Å²) in [6, 6.07) is 25.8. The van der Waals surface area contributed by atoms with Crippen molar-refractivity contribution in [2.75, 3.05) is 62.2 Å². The van der Waals surface area contributed by atoms with Crippen LogP contribution in [0.5, 0.6) is 23.0 Å². The number of rotatable bonds is 12. The second-order valence-electron chi connectivity index (χ2n) is 16.1. The third kappa shape index (κ3) is 15.8. The van der Waals surface area contributed by atoms with Gasteiger partial charge in [-0.15, -0.1) is 0 Å². The highest BCUT2D eigenvalue weighted by atomic mass is 32.3. The molecule has 0 radical (unpaired) electrons. The van der Waals surface area contributed by atoms with Crippen molar-refractivity contribution in [2.45, 2.75) is 79.8 Å². The molecular formula is C46H58N8O10S. The SMILES string of the molecule is CC(C)Oc1cc(N2CCN(C(=O)c3ccccc3)CC2)c(OC(C)C)cc1[N+]#N.CC(C)Oc1cc(N2CCN(C(=O)c3ccccc3)CC2)c(OC(C)C)cc1[N+]#N.O=S(=O)([O-])[O-]. The van der Waals surface area contributed by atoms with Gasteiger partial charge >= 0.3 is 11.4 Å². The van der Waals surface area contributed by atoms with Crippen LogP contribution in [0.4, 0.5) is 22.7 Å². The van der Waals surface area contributed by atoms with Crippen LogP contribution in [0.3, 0.4) is 0 Å².